The van der Waals surface area contributed by atoms with Gasteiger partial charge in [-0.1, -0.05) is 12.1 Å². The molecule has 1 fully saturated rings. The zero-order chi connectivity index (χ0) is 21.7. The molecule has 10 heteroatoms. The lowest BCUT2D eigenvalue weighted by Gasteiger charge is -2.22. The number of nitrogens with zero attached hydrogens (tertiary/aromatic N) is 2. The van der Waals surface area contributed by atoms with Crippen LogP contribution < -0.4 is 5.32 Å². The molecule has 1 N–H and O–H groups in total. The molecule has 0 saturated carbocycles. The van der Waals surface area contributed by atoms with E-state index in [1.807, 2.05) is 24.3 Å². The zero-order valence-corrected chi connectivity index (χ0v) is 18.6. The molecule has 0 atom stereocenters. The second kappa shape index (κ2) is 9.69. The molecule has 1 aliphatic rings. The number of carbonyl (C=O) groups is 2. The Kier molecular flexibility index (Phi) is 7.24. The summed E-state index contributed by atoms with van der Waals surface area (Å²) in [5, 5.41) is 4.33. The summed E-state index contributed by atoms with van der Waals surface area (Å²) in [5.41, 5.74) is 1.84. The van der Waals surface area contributed by atoms with E-state index in [1.165, 1.54) is 24.4 Å². The number of sulfonamides is 1. The number of rotatable bonds is 6. The molecule has 162 valence electrons. The summed E-state index contributed by atoms with van der Waals surface area (Å²) in [6, 6.07) is 9.09. The quantitative estimate of drug-likeness (QED) is 0.678. The van der Waals surface area contributed by atoms with Crippen LogP contribution in [-0.4, -0.2) is 62.8 Å². The lowest BCUT2D eigenvalue weighted by molar-refractivity contribution is -0.114. The topological polar surface area (TPSA) is 96.0 Å². The van der Waals surface area contributed by atoms with E-state index in [9.17, 15) is 18.0 Å². The Morgan fingerprint density at radius 1 is 1.10 bits per heavy atom. The number of nitrogens with one attached hydrogen (secondary N) is 1. The number of ether oxygens (including phenoxy) is 1. The largest absolute Gasteiger partial charge is 0.465 e. The maximum absolute atomic E-state index is 13.1. The lowest BCUT2D eigenvalue weighted by atomic mass is 10.2. The predicted octanol–water partition coefficient (Wildman–Crippen LogP) is 2.39. The van der Waals surface area contributed by atoms with Crippen LogP contribution in [-0.2, 0) is 26.1 Å². The van der Waals surface area contributed by atoms with Crippen LogP contribution in [0.15, 0.2) is 40.6 Å². The van der Waals surface area contributed by atoms with E-state index < -0.39 is 16.0 Å². The van der Waals surface area contributed by atoms with Crippen LogP contribution in [0.1, 0.15) is 28.6 Å². The summed E-state index contributed by atoms with van der Waals surface area (Å²) in [4.78, 5) is 25.4. The molecule has 0 bridgehead atoms. The summed E-state index contributed by atoms with van der Waals surface area (Å²) in [6.07, 6.45) is 0.695. The minimum atomic E-state index is -3.77. The highest BCUT2D eigenvalue weighted by Crippen LogP contribution is 2.27. The average molecular weight is 452 g/mol. The van der Waals surface area contributed by atoms with Crippen LogP contribution in [0.5, 0.6) is 0 Å². The van der Waals surface area contributed by atoms with Crippen LogP contribution in [0.4, 0.5) is 5.69 Å². The van der Waals surface area contributed by atoms with Crippen LogP contribution in [0, 0.1) is 0 Å². The van der Waals surface area contributed by atoms with Gasteiger partial charge in [0.05, 0.1) is 7.11 Å². The molecule has 1 saturated heterocycles. The SMILES string of the molecule is COC(=O)c1sccc1S(=O)(=O)N1CCCN(Cc2ccc(NC(C)=O)cc2)CC1. The fraction of sp³-hybridized carbons (Fsp3) is 0.400. The van der Waals surface area contributed by atoms with Gasteiger partial charge >= 0.3 is 5.97 Å². The molecule has 30 heavy (non-hydrogen) atoms. The number of methoxy groups -OCH3 is 1. The molecular formula is C20H25N3O5S2. The van der Waals surface area contributed by atoms with Crippen molar-refractivity contribution in [2.24, 2.45) is 0 Å². The second-order valence-electron chi connectivity index (χ2n) is 7.02. The molecule has 1 aromatic heterocycles. The molecule has 1 aromatic carbocycles. The first-order valence-electron chi connectivity index (χ1n) is 9.56. The standard InChI is InChI=1S/C20H25N3O5S2/c1-15(24)21-17-6-4-16(5-7-17)14-22-9-3-10-23(12-11-22)30(26,27)18-8-13-29-19(18)20(25)28-2/h4-8,13H,3,9-12,14H2,1-2H3,(H,21,24). The number of amides is 1. The maximum Gasteiger partial charge on any atom is 0.349 e. The fourth-order valence-corrected chi connectivity index (χ4v) is 6.16. The summed E-state index contributed by atoms with van der Waals surface area (Å²) >= 11 is 1.07. The van der Waals surface area contributed by atoms with Gasteiger partial charge in [-0.3, -0.25) is 9.69 Å². The van der Waals surface area contributed by atoms with Crippen molar-refractivity contribution in [3.63, 3.8) is 0 Å². The van der Waals surface area contributed by atoms with E-state index in [1.54, 1.807) is 5.38 Å². The highest BCUT2D eigenvalue weighted by molar-refractivity contribution is 7.89. The maximum atomic E-state index is 13.1. The highest BCUT2D eigenvalue weighted by atomic mass is 32.2. The van der Waals surface area contributed by atoms with Gasteiger partial charge in [-0.15, -0.1) is 11.3 Å². The number of hydrogen-bond donors (Lipinski definition) is 1. The van der Waals surface area contributed by atoms with Crippen molar-refractivity contribution in [3.05, 3.63) is 46.2 Å². The van der Waals surface area contributed by atoms with Crippen LogP contribution in [0.25, 0.3) is 0 Å². The van der Waals surface area contributed by atoms with Crippen molar-refractivity contribution in [2.75, 3.05) is 38.6 Å². The summed E-state index contributed by atoms with van der Waals surface area (Å²) in [7, 11) is -2.52. The highest BCUT2D eigenvalue weighted by Gasteiger charge is 2.31. The molecule has 2 heterocycles. The Morgan fingerprint density at radius 2 is 1.83 bits per heavy atom. The summed E-state index contributed by atoms with van der Waals surface area (Å²) in [6.45, 7) is 4.27. The fourth-order valence-electron chi connectivity index (χ4n) is 3.38. The van der Waals surface area contributed by atoms with Crippen molar-refractivity contribution < 1.29 is 22.7 Å². The Morgan fingerprint density at radius 3 is 2.50 bits per heavy atom. The van der Waals surface area contributed by atoms with Crippen LogP contribution >= 0.6 is 11.3 Å². The zero-order valence-electron chi connectivity index (χ0n) is 17.0. The Hall–Kier alpha value is -2.27. The molecule has 3 rings (SSSR count). The minimum Gasteiger partial charge on any atom is -0.465 e. The van der Waals surface area contributed by atoms with Crippen LogP contribution in [0.3, 0.4) is 0 Å². The second-order valence-corrected chi connectivity index (χ2v) is 9.84. The van der Waals surface area contributed by atoms with Gasteiger partial charge in [0, 0.05) is 38.8 Å². The van der Waals surface area contributed by atoms with E-state index in [-0.39, 0.29) is 15.7 Å². The number of anilines is 1. The van der Waals surface area contributed by atoms with Gasteiger partial charge in [0.15, 0.2) is 0 Å². The van der Waals surface area contributed by atoms with E-state index in [4.69, 9.17) is 4.74 Å². The molecule has 0 aliphatic carbocycles. The summed E-state index contributed by atoms with van der Waals surface area (Å²) < 4.78 is 32.4. The summed E-state index contributed by atoms with van der Waals surface area (Å²) in [5.74, 6) is -0.750. The van der Waals surface area contributed by atoms with E-state index >= 15 is 0 Å². The van der Waals surface area contributed by atoms with Crippen molar-refractivity contribution in [3.8, 4) is 0 Å². The number of benzene rings is 1. The first-order valence-corrected chi connectivity index (χ1v) is 11.9. The third-order valence-corrected chi connectivity index (χ3v) is 7.81. The molecule has 2 aromatic rings. The normalized spacial score (nSPS) is 16.1. The van der Waals surface area contributed by atoms with Gasteiger partial charge in [0.25, 0.3) is 0 Å². The van der Waals surface area contributed by atoms with Crippen molar-refractivity contribution in [1.82, 2.24) is 9.21 Å². The van der Waals surface area contributed by atoms with E-state index in [0.717, 1.165) is 29.1 Å². The smallest absolute Gasteiger partial charge is 0.349 e. The Labute approximate surface area is 180 Å². The molecule has 0 radical (unpaired) electrons. The van der Waals surface area contributed by atoms with Crippen molar-refractivity contribution in [1.29, 1.82) is 0 Å². The molecule has 0 unspecified atom stereocenters. The monoisotopic (exact) mass is 451 g/mol. The van der Waals surface area contributed by atoms with Gasteiger partial charge in [-0.25, -0.2) is 13.2 Å². The predicted molar refractivity (Wildman–Crippen MR) is 115 cm³/mol. The first-order chi connectivity index (χ1) is 14.3. The molecule has 8 nitrogen and oxygen atoms in total. The van der Waals surface area contributed by atoms with Crippen molar-refractivity contribution >= 4 is 38.9 Å². The number of carbonyl (C=O) groups excluding carboxylic acids is 2. The third-order valence-electron chi connectivity index (χ3n) is 4.85. The van der Waals surface area contributed by atoms with Crippen molar-refractivity contribution in [2.45, 2.75) is 24.8 Å². The number of thiophene rings is 1. The average Bonchev–Trinajstić information content (AvgIpc) is 3.10. The van der Waals surface area contributed by atoms with Gasteiger partial charge in [-0.2, -0.15) is 4.31 Å². The van der Waals surface area contributed by atoms with Crippen LogP contribution in [0.2, 0.25) is 0 Å². The van der Waals surface area contributed by atoms with E-state index in [0.29, 0.717) is 32.6 Å². The number of hydrogen-bond acceptors (Lipinski definition) is 7. The van der Waals surface area contributed by atoms with Gasteiger partial charge in [-0.05, 0) is 42.1 Å². The minimum absolute atomic E-state index is 0.0151. The van der Waals surface area contributed by atoms with Gasteiger partial charge in [0.2, 0.25) is 15.9 Å². The Bertz CT molecular complexity index is 1000. The molecule has 0 spiro atoms. The first kappa shape index (κ1) is 22.4. The molecular weight excluding hydrogens is 426 g/mol. The van der Waals surface area contributed by atoms with Gasteiger partial charge < -0.3 is 10.1 Å². The molecule has 1 aliphatic heterocycles. The Balaban J connectivity index is 1.65. The van der Waals surface area contributed by atoms with Gasteiger partial charge in [0.1, 0.15) is 9.77 Å². The lowest BCUT2D eigenvalue weighted by Crippen LogP contribution is -2.35. The number of esters is 1. The third kappa shape index (κ3) is 5.25. The molecule has 1 amide bonds. The van der Waals surface area contributed by atoms with E-state index in [2.05, 4.69) is 10.2 Å².